The van der Waals surface area contributed by atoms with Gasteiger partial charge in [0.1, 0.15) is 10.8 Å². The number of hydrogen-bond acceptors (Lipinski definition) is 4. The summed E-state index contributed by atoms with van der Waals surface area (Å²) in [6, 6.07) is 7.87. The molecule has 0 bridgehead atoms. The van der Waals surface area contributed by atoms with Crippen molar-refractivity contribution in [3.8, 4) is 0 Å². The van der Waals surface area contributed by atoms with Crippen LogP contribution in [0.1, 0.15) is 36.1 Å². The molecule has 4 rings (SSSR count). The molecule has 0 radical (unpaired) electrons. The van der Waals surface area contributed by atoms with Crippen LogP contribution in [0.5, 0.6) is 0 Å². The van der Waals surface area contributed by atoms with E-state index in [1.54, 1.807) is 17.5 Å². The summed E-state index contributed by atoms with van der Waals surface area (Å²) in [5.41, 5.74) is 1.98. The first-order chi connectivity index (χ1) is 11.1. The van der Waals surface area contributed by atoms with Crippen LogP contribution >= 0.6 is 27.3 Å². The lowest BCUT2D eigenvalue weighted by Gasteiger charge is -2.10. The van der Waals surface area contributed by atoms with Crippen LogP contribution in [0.2, 0.25) is 0 Å². The summed E-state index contributed by atoms with van der Waals surface area (Å²) in [4.78, 5) is 24.6. The Morgan fingerprint density at radius 2 is 2.30 bits per heavy atom. The highest BCUT2D eigenvalue weighted by Gasteiger charge is 2.46. The summed E-state index contributed by atoms with van der Waals surface area (Å²) < 4.78 is 0.972. The van der Waals surface area contributed by atoms with Gasteiger partial charge in [-0.3, -0.25) is 4.79 Å². The maximum atomic E-state index is 12.4. The third kappa shape index (κ3) is 2.90. The molecular formula is C16H15BrN4OS. The highest BCUT2D eigenvalue weighted by atomic mass is 79.9. The van der Waals surface area contributed by atoms with Gasteiger partial charge in [0.25, 0.3) is 0 Å². The number of amides is 1. The maximum absolute atomic E-state index is 12.4. The van der Waals surface area contributed by atoms with E-state index in [1.807, 2.05) is 31.2 Å². The third-order valence-corrected chi connectivity index (χ3v) is 5.77. The first-order valence-electron chi connectivity index (χ1n) is 7.48. The van der Waals surface area contributed by atoms with Crippen molar-refractivity contribution < 1.29 is 4.79 Å². The highest BCUT2D eigenvalue weighted by molar-refractivity contribution is 9.11. The van der Waals surface area contributed by atoms with E-state index >= 15 is 0 Å². The molecule has 3 aromatic rings. The quantitative estimate of drug-likeness (QED) is 0.712. The SMILES string of the molecule is C[C@@H](NC(=O)[C@H]1C[C@@H]1c1nc2ccccc2[nH]1)c1ncc(Br)s1. The van der Waals surface area contributed by atoms with E-state index in [9.17, 15) is 4.79 Å². The van der Waals surface area contributed by atoms with E-state index in [1.165, 1.54) is 0 Å². The van der Waals surface area contributed by atoms with Gasteiger partial charge in [-0.15, -0.1) is 11.3 Å². The largest absolute Gasteiger partial charge is 0.347 e. The van der Waals surface area contributed by atoms with Crippen LogP contribution in [0.25, 0.3) is 11.0 Å². The van der Waals surface area contributed by atoms with Crippen molar-refractivity contribution in [2.75, 3.05) is 0 Å². The van der Waals surface area contributed by atoms with Crippen molar-refractivity contribution in [1.29, 1.82) is 0 Å². The molecule has 1 aliphatic rings. The number of para-hydroxylation sites is 2. The second-order valence-electron chi connectivity index (χ2n) is 5.82. The molecule has 1 fully saturated rings. The molecule has 23 heavy (non-hydrogen) atoms. The second kappa shape index (κ2) is 5.72. The van der Waals surface area contributed by atoms with Gasteiger partial charge in [0.05, 0.1) is 27.1 Å². The number of carbonyl (C=O) groups is 1. The van der Waals surface area contributed by atoms with Gasteiger partial charge in [0.15, 0.2) is 0 Å². The van der Waals surface area contributed by atoms with Crippen molar-refractivity contribution in [2.24, 2.45) is 5.92 Å². The summed E-state index contributed by atoms with van der Waals surface area (Å²) in [6.45, 7) is 1.96. The van der Waals surface area contributed by atoms with Crippen LogP contribution in [0.4, 0.5) is 0 Å². The Bertz CT molecular complexity index is 841. The molecule has 2 N–H and O–H groups in total. The van der Waals surface area contributed by atoms with E-state index in [0.29, 0.717) is 0 Å². The number of imidazole rings is 1. The number of hydrogen-bond donors (Lipinski definition) is 2. The molecule has 1 saturated carbocycles. The topological polar surface area (TPSA) is 70.7 Å². The number of H-pyrrole nitrogens is 1. The van der Waals surface area contributed by atoms with Crippen LogP contribution in [0.3, 0.4) is 0 Å². The van der Waals surface area contributed by atoms with Gasteiger partial charge in [-0.25, -0.2) is 9.97 Å². The number of nitrogens with one attached hydrogen (secondary N) is 2. The Morgan fingerprint density at radius 3 is 3.04 bits per heavy atom. The van der Waals surface area contributed by atoms with Crippen LogP contribution in [-0.2, 0) is 4.79 Å². The highest BCUT2D eigenvalue weighted by Crippen LogP contribution is 2.47. The van der Waals surface area contributed by atoms with E-state index in [-0.39, 0.29) is 23.8 Å². The number of carbonyl (C=O) groups excluding carboxylic acids is 1. The van der Waals surface area contributed by atoms with Crippen LogP contribution in [0, 0.1) is 5.92 Å². The fraction of sp³-hybridized carbons (Fsp3) is 0.312. The third-order valence-electron chi connectivity index (χ3n) is 4.11. The number of thiazole rings is 1. The molecule has 2 aromatic heterocycles. The average Bonchev–Trinajstić information content (AvgIpc) is 3.03. The molecule has 1 amide bonds. The van der Waals surface area contributed by atoms with Crippen molar-refractivity contribution in [3.63, 3.8) is 0 Å². The molecule has 1 aromatic carbocycles. The zero-order chi connectivity index (χ0) is 16.0. The van der Waals surface area contributed by atoms with Crippen LogP contribution in [-0.4, -0.2) is 20.9 Å². The number of benzene rings is 1. The summed E-state index contributed by atoms with van der Waals surface area (Å²) in [5, 5.41) is 3.96. The fourth-order valence-corrected chi connectivity index (χ4v) is 4.03. The van der Waals surface area contributed by atoms with Crippen molar-refractivity contribution in [2.45, 2.75) is 25.3 Å². The average molecular weight is 391 g/mol. The van der Waals surface area contributed by atoms with Gasteiger partial charge in [-0.2, -0.15) is 0 Å². The van der Waals surface area contributed by atoms with Crippen molar-refractivity contribution in [1.82, 2.24) is 20.3 Å². The van der Waals surface area contributed by atoms with Gasteiger partial charge < -0.3 is 10.3 Å². The molecular weight excluding hydrogens is 376 g/mol. The van der Waals surface area contributed by atoms with Gasteiger partial charge in [0.2, 0.25) is 5.91 Å². The molecule has 7 heteroatoms. The summed E-state index contributed by atoms with van der Waals surface area (Å²) in [7, 11) is 0. The van der Waals surface area contributed by atoms with Gasteiger partial charge in [-0.1, -0.05) is 12.1 Å². The van der Waals surface area contributed by atoms with E-state index in [2.05, 4.69) is 36.2 Å². The Morgan fingerprint density at radius 1 is 1.48 bits per heavy atom. The lowest BCUT2D eigenvalue weighted by Crippen LogP contribution is -2.28. The predicted octanol–water partition coefficient (Wildman–Crippen LogP) is 3.76. The van der Waals surface area contributed by atoms with Crippen molar-refractivity contribution >= 4 is 44.2 Å². The normalized spacial score (nSPS) is 21.3. The Hall–Kier alpha value is -1.73. The van der Waals surface area contributed by atoms with Gasteiger partial charge in [-0.05, 0) is 41.4 Å². The molecule has 5 nitrogen and oxygen atoms in total. The van der Waals surface area contributed by atoms with Crippen LogP contribution < -0.4 is 5.32 Å². The van der Waals surface area contributed by atoms with E-state index < -0.39 is 0 Å². The number of rotatable bonds is 4. The lowest BCUT2D eigenvalue weighted by molar-refractivity contribution is -0.123. The molecule has 0 unspecified atom stereocenters. The molecule has 118 valence electrons. The van der Waals surface area contributed by atoms with Crippen molar-refractivity contribution in [3.05, 3.63) is 45.1 Å². The Kier molecular flexibility index (Phi) is 3.69. The number of aromatic amines is 1. The van der Waals surface area contributed by atoms with Gasteiger partial charge in [0, 0.05) is 11.8 Å². The summed E-state index contributed by atoms with van der Waals surface area (Å²) >= 11 is 4.94. The molecule has 3 atom stereocenters. The predicted molar refractivity (Wildman–Crippen MR) is 93.3 cm³/mol. The number of halogens is 1. The zero-order valence-electron chi connectivity index (χ0n) is 12.4. The monoisotopic (exact) mass is 390 g/mol. The number of nitrogens with zero attached hydrogens (tertiary/aromatic N) is 2. The molecule has 2 heterocycles. The van der Waals surface area contributed by atoms with E-state index in [4.69, 9.17) is 0 Å². The maximum Gasteiger partial charge on any atom is 0.224 e. The van der Waals surface area contributed by atoms with Crippen LogP contribution in [0.15, 0.2) is 34.2 Å². The minimum atomic E-state index is -0.0734. The minimum absolute atomic E-state index is 0.00131. The molecule has 0 aliphatic heterocycles. The Labute approximate surface area is 145 Å². The first-order valence-corrected chi connectivity index (χ1v) is 9.09. The lowest BCUT2D eigenvalue weighted by atomic mass is 10.2. The molecule has 0 saturated heterocycles. The molecule has 1 aliphatic carbocycles. The zero-order valence-corrected chi connectivity index (χ0v) is 14.8. The number of aromatic nitrogens is 3. The summed E-state index contributed by atoms with van der Waals surface area (Å²) in [5.74, 6) is 1.18. The minimum Gasteiger partial charge on any atom is -0.347 e. The molecule has 0 spiro atoms. The van der Waals surface area contributed by atoms with E-state index in [0.717, 1.165) is 32.1 Å². The standard InChI is InChI=1S/C16H15BrN4OS/c1-8(16-18-7-13(17)23-16)19-15(22)10-6-9(10)14-20-11-4-2-3-5-12(11)21-14/h2-5,7-10H,6H2,1H3,(H,19,22)(H,20,21)/t8-,9+,10+/m1/s1. The Balaban J connectivity index is 1.43. The fourth-order valence-electron chi connectivity index (χ4n) is 2.78. The second-order valence-corrected chi connectivity index (χ2v) is 8.26. The summed E-state index contributed by atoms with van der Waals surface area (Å²) in [6.07, 6.45) is 2.61. The van der Waals surface area contributed by atoms with Gasteiger partial charge >= 0.3 is 0 Å². The first kappa shape index (κ1) is 14.8. The smallest absolute Gasteiger partial charge is 0.224 e. The number of fused-ring (bicyclic) bond motifs is 1.